The Hall–Kier alpha value is -6.38. The monoisotopic (exact) mass is 669 g/mol. The summed E-state index contributed by atoms with van der Waals surface area (Å²) in [6.07, 6.45) is 0. The first-order valence-electron chi connectivity index (χ1n) is 18.0. The molecule has 9 rings (SSSR count). The molecule has 0 aliphatic carbocycles. The zero-order valence-electron chi connectivity index (χ0n) is 29.7. The summed E-state index contributed by atoms with van der Waals surface area (Å²) in [7, 11) is 0. The van der Waals surface area contributed by atoms with Crippen molar-refractivity contribution in [2.24, 2.45) is 0 Å². The molecule has 0 radical (unpaired) electrons. The van der Waals surface area contributed by atoms with E-state index in [2.05, 4.69) is 196 Å². The fraction of sp³-hybridized carbons (Fsp3) is 0.0800. The fourth-order valence-electron chi connectivity index (χ4n) is 7.64. The van der Waals surface area contributed by atoms with Gasteiger partial charge in [-0.3, -0.25) is 0 Å². The van der Waals surface area contributed by atoms with Crippen LogP contribution < -0.4 is 4.90 Å². The topological polar surface area (TPSA) is 16.4 Å². The van der Waals surface area contributed by atoms with Crippen LogP contribution in [0.25, 0.3) is 66.1 Å². The summed E-state index contributed by atoms with van der Waals surface area (Å²) in [6, 6.07) is 65.7. The maximum absolute atomic E-state index is 6.31. The van der Waals surface area contributed by atoms with E-state index in [9.17, 15) is 0 Å². The summed E-state index contributed by atoms with van der Waals surface area (Å²) < 4.78 is 6.31. The van der Waals surface area contributed by atoms with Crippen LogP contribution in [0, 0.1) is 0 Å². The standard InChI is InChI=1S/C50H39NO/c1-50(2,3)37-29-27-35(28-30-37)39-19-7-10-24-45(39)51(38-31-32-48-44(33-38)42-21-9-12-26-47(42)52-48)46-25-11-8-20-41(46)43-23-14-18-36-17-13-22-40(49(36)43)34-15-5-4-6-16-34/h4-33H,1-3H3. The Morgan fingerprint density at radius 3 is 1.75 bits per heavy atom. The second-order valence-electron chi connectivity index (χ2n) is 14.6. The van der Waals surface area contributed by atoms with Crippen LogP contribution in [0.2, 0.25) is 0 Å². The first kappa shape index (κ1) is 31.6. The van der Waals surface area contributed by atoms with Crippen LogP contribution in [0.5, 0.6) is 0 Å². The first-order valence-corrected chi connectivity index (χ1v) is 18.0. The predicted molar refractivity (Wildman–Crippen MR) is 221 cm³/mol. The molecule has 1 aromatic heterocycles. The molecule has 0 aliphatic heterocycles. The van der Waals surface area contributed by atoms with E-state index >= 15 is 0 Å². The largest absolute Gasteiger partial charge is 0.456 e. The molecular formula is C50H39NO. The third-order valence-corrected chi connectivity index (χ3v) is 10.2. The lowest BCUT2D eigenvalue weighted by atomic mass is 9.86. The second kappa shape index (κ2) is 12.7. The normalized spacial score (nSPS) is 11.8. The lowest BCUT2D eigenvalue weighted by Gasteiger charge is -2.30. The van der Waals surface area contributed by atoms with Gasteiger partial charge in [0.25, 0.3) is 0 Å². The minimum Gasteiger partial charge on any atom is -0.456 e. The number of nitrogens with zero attached hydrogens (tertiary/aromatic N) is 1. The van der Waals surface area contributed by atoms with E-state index in [0.29, 0.717) is 0 Å². The number of rotatable bonds is 6. The summed E-state index contributed by atoms with van der Waals surface area (Å²) in [5.74, 6) is 0. The highest BCUT2D eigenvalue weighted by Crippen LogP contribution is 2.48. The number of hydrogen-bond acceptors (Lipinski definition) is 2. The van der Waals surface area contributed by atoms with Crippen molar-refractivity contribution in [2.45, 2.75) is 26.2 Å². The summed E-state index contributed by atoms with van der Waals surface area (Å²) in [4.78, 5) is 2.44. The molecule has 0 spiro atoms. The summed E-state index contributed by atoms with van der Waals surface area (Å²) >= 11 is 0. The number of benzene rings is 8. The van der Waals surface area contributed by atoms with Crippen LogP contribution >= 0.6 is 0 Å². The van der Waals surface area contributed by atoms with Crippen molar-refractivity contribution in [3.63, 3.8) is 0 Å². The summed E-state index contributed by atoms with van der Waals surface area (Å²) in [5.41, 5.74) is 13.6. The van der Waals surface area contributed by atoms with Gasteiger partial charge in [0.05, 0.1) is 11.4 Å². The maximum atomic E-state index is 6.31. The molecule has 0 fully saturated rings. The highest BCUT2D eigenvalue weighted by Gasteiger charge is 2.23. The Morgan fingerprint density at radius 2 is 1.00 bits per heavy atom. The predicted octanol–water partition coefficient (Wildman–Crippen LogP) is 14.5. The molecule has 0 amide bonds. The van der Waals surface area contributed by atoms with E-state index in [1.807, 2.05) is 12.1 Å². The van der Waals surface area contributed by atoms with Crippen LogP contribution in [0.15, 0.2) is 186 Å². The minimum atomic E-state index is 0.0723. The van der Waals surface area contributed by atoms with Crippen molar-refractivity contribution in [3.05, 3.63) is 188 Å². The minimum absolute atomic E-state index is 0.0723. The average molecular weight is 670 g/mol. The van der Waals surface area contributed by atoms with Crippen LogP contribution in [0.1, 0.15) is 26.3 Å². The van der Waals surface area contributed by atoms with Crippen molar-refractivity contribution in [3.8, 4) is 33.4 Å². The second-order valence-corrected chi connectivity index (χ2v) is 14.6. The number of furan rings is 1. The molecule has 0 unspecified atom stereocenters. The molecule has 1 heterocycles. The van der Waals surface area contributed by atoms with Crippen LogP contribution in [0.4, 0.5) is 17.1 Å². The van der Waals surface area contributed by atoms with Crippen molar-refractivity contribution in [1.82, 2.24) is 0 Å². The molecule has 2 heteroatoms. The van der Waals surface area contributed by atoms with E-state index in [1.165, 1.54) is 38.6 Å². The fourth-order valence-corrected chi connectivity index (χ4v) is 7.64. The molecule has 250 valence electrons. The molecule has 0 N–H and O–H groups in total. The number of fused-ring (bicyclic) bond motifs is 4. The van der Waals surface area contributed by atoms with Crippen molar-refractivity contribution in [2.75, 3.05) is 4.90 Å². The molecule has 0 atom stereocenters. The molecule has 0 bridgehead atoms. The van der Waals surface area contributed by atoms with E-state index < -0.39 is 0 Å². The molecule has 52 heavy (non-hydrogen) atoms. The Labute approximate surface area is 305 Å². The van der Waals surface area contributed by atoms with Crippen molar-refractivity contribution >= 4 is 49.8 Å². The van der Waals surface area contributed by atoms with Gasteiger partial charge in [0.1, 0.15) is 11.2 Å². The highest BCUT2D eigenvalue weighted by atomic mass is 16.3. The maximum Gasteiger partial charge on any atom is 0.135 e. The van der Waals surface area contributed by atoms with E-state index in [1.54, 1.807) is 0 Å². The first-order chi connectivity index (χ1) is 25.4. The van der Waals surface area contributed by atoms with Gasteiger partial charge in [-0.2, -0.15) is 0 Å². The quantitative estimate of drug-likeness (QED) is 0.175. The van der Waals surface area contributed by atoms with Gasteiger partial charge in [0.15, 0.2) is 0 Å². The highest BCUT2D eigenvalue weighted by molar-refractivity contribution is 6.10. The SMILES string of the molecule is CC(C)(C)c1ccc(-c2ccccc2N(c2ccc3oc4ccccc4c3c2)c2ccccc2-c2cccc3cccc(-c4ccccc4)c23)cc1. The van der Waals surface area contributed by atoms with E-state index in [-0.39, 0.29) is 5.41 Å². The smallest absolute Gasteiger partial charge is 0.135 e. The molecular weight excluding hydrogens is 631 g/mol. The molecule has 2 nitrogen and oxygen atoms in total. The van der Waals surface area contributed by atoms with Crippen LogP contribution in [-0.4, -0.2) is 0 Å². The third-order valence-electron chi connectivity index (χ3n) is 10.2. The molecule has 9 aromatic rings. The third kappa shape index (κ3) is 5.54. The van der Waals surface area contributed by atoms with Gasteiger partial charge in [-0.1, -0.05) is 166 Å². The van der Waals surface area contributed by atoms with Gasteiger partial charge in [0, 0.05) is 27.6 Å². The Bertz CT molecular complexity index is 2710. The van der Waals surface area contributed by atoms with E-state index in [0.717, 1.165) is 50.1 Å². The number of anilines is 3. The van der Waals surface area contributed by atoms with Gasteiger partial charge in [-0.05, 0) is 80.4 Å². The molecule has 0 saturated carbocycles. The van der Waals surface area contributed by atoms with Crippen molar-refractivity contribution in [1.29, 1.82) is 0 Å². The molecule has 8 aromatic carbocycles. The molecule has 0 aliphatic rings. The van der Waals surface area contributed by atoms with Gasteiger partial charge in [-0.25, -0.2) is 0 Å². The van der Waals surface area contributed by atoms with Gasteiger partial charge in [-0.15, -0.1) is 0 Å². The van der Waals surface area contributed by atoms with Crippen LogP contribution in [0.3, 0.4) is 0 Å². The Kier molecular flexibility index (Phi) is 7.74. The van der Waals surface area contributed by atoms with Gasteiger partial charge >= 0.3 is 0 Å². The van der Waals surface area contributed by atoms with Crippen LogP contribution in [-0.2, 0) is 5.41 Å². The number of para-hydroxylation sites is 3. The number of hydrogen-bond donors (Lipinski definition) is 0. The van der Waals surface area contributed by atoms with Crippen molar-refractivity contribution < 1.29 is 4.42 Å². The lowest BCUT2D eigenvalue weighted by Crippen LogP contribution is -2.13. The zero-order chi connectivity index (χ0) is 35.2. The van der Waals surface area contributed by atoms with Gasteiger partial charge < -0.3 is 9.32 Å². The average Bonchev–Trinajstić information content (AvgIpc) is 3.56. The molecule has 0 saturated heterocycles. The van der Waals surface area contributed by atoms with E-state index in [4.69, 9.17) is 4.42 Å². The summed E-state index contributed by atoms with van der Waals surface area (Å²) in [6.45, 7) is 6.79. The van der Waals surface area contributed by atoms with Gasteiger partial charge in [0.2, 0.25) is 0 Å². The Morgan fingerprint density at radius 1 is 0.423 bits per heavy atom. The Balaban J connectivity index is 1.32. The zero-order valence-corrected chi connectivity index (χ0v) is 29.7. The summed E-state index contributed by atoms with van der Waals surface area (Å²) in [5, 5.41) is 4.66. The lowest BCUT2D eigenvalue weighted by molar-refractivity contribution is 0.590.